The number of carboxylic acid groups (broad SMARTS) is 1. The fourth-order valence-electron chi connectivity index (χ4n) is 4.07. The Morgan fingerprint density at radius 3 is 1.59 bits per heavy atom. The van der Waals surface area contributed by atoms with Gasteiger partial charge in [0, 0.05) is 0 Å². The van der Waals surface area contributed by atoms with E-state index in [1.165, 1.54) is 27.6 Å². The molecule has 0 aliphatic rings. The third kappa shape index (κ3) is 5.01. The zero-order chi connectivity index (χ0) is 23.1. The first kappa shape index (κ1) is 23.9. The topological polar surface area (TPSA) is 37.3 Å². The van der Waals surface area contributed by atoms with Crippen LogP contribution in [0.15, 0.2) is 126 Å². The van der Waals surface area contributed by atoms with Gasteiger partial charge in [0.2, 0.25) is 0 Å². The summed E-state index contributed by atoms with van der Waals surface area (Å²) in [6, 6.07) is 32.1. The Labute approximate surface area is 198 Å². The van der Waals surface area contributed by atoms with Crippen molar-refractivity contribution in [1.82, 2.24) is 0 Å². The monoisotopic (exact) mass is 506 g/mol. The van der Waals surface area contributed by atoms with Crippen molar-refractivity contribution < 1.29 is 9.90 Å². The van der Waals surface area contributed by atoms with Gasteiger partial charge in [-0.05, 0) is 0 Å². The molecule has 0 atom stereocenters. The van der Waals surface area contributed by atoms with E-state index in [1.54, 1.807) is 6.92 Å². The molecule has 0 heterocycles. The average molecular weight is 507 g/mol. The van der Waals surface area contributed by atoms with Gasteiger partial charge in [-0.3, -0.25) is 0 Å². The average Bonchev–Trinajstić information content (AvgIpc) is 2.80. The van der Waals surface area contributed by atoms with E-state index in [0.717, 1.165) is 6.16 Å². The number of aliphatic carboxylic acids is 1. The van der Waals surface area contributed by atoms with Gasteiger partial charge in [0.15, 0.2) is 0 Å². The molecule has 0 aliphatic heterocycles. The molecule has 0 saturated carbocycles. The van der Waals surface area contributed by atoms with E-state index in [9.17, 15) is 4.79 Å². The van der Waals surface area contributed by atoms with E-state index in [2.05, 4.69) is 119 Å². The van der Waals surface area contributed by atoms with Crippen LogP contribution in [0.25, 0.3) is 0 Å². The molecule has 0 unspecified atom stereocenters. The quantitative estimate of drug-likeness (QED) is 0.219. The molecule has 0 aliphatic carbocycles. The van der Waals surface area contributed by atoms with Crippen molar-refractivity contribution in [1.29, 1.82) is 0 Å². The van der Waals surface area contributed by atoms with Crippen LogP contribution in [-0.4, -0.2) is 17.2 Å². The molecule has 0 saturated heterocycles. The van der Waals surface area contributed by atoms with E-state index in [4.69, 9.17) is 5.11 Å². The molecule has 2 nitrogen and oxygen atoms in total. The summed E-state index contributed by atoms with van der Waals surface area (Å²) in [4.78, 5) is 10.9. The Morgan fingerprint density at radius 1 is 0.812 bits per heavy atom. The van der Waals surface area contributed by atoms with Crippen LogP contribution in [-0.2, 0) is 4.79 Å². The second-order valence-electron chi connectivity index (χ2n) is 7.95. The second kappa shape index (κ2) is 10.3. The van der Waals surface area contributed by atoms with Crippen LogP contribution in [0.2, 0.25) is 0 Å². The number of hydrogen-bond donors (Lipinski definition) is 1. The van der Waals surface area contributed by atoms with Crippen molar-refractivity contribution in [2.24, 2.45) is 0 Å². The molecular formula is C28H28BrO2P. The molecule has 3 aromatic rings. The van der Waals surface area contributed by atoms with Crippen molar-refractivity contribution in [2.75, 3.05) is 6.16 Å². The standard InChI is InChI=1S/C28H28BrO2P/c1-23(21-28(30)31)13-12-14-24(2)22-32(29,25-15-6-3-7-16-25,26-17-8-4-9-18-26)27-19-10-5-11-20-27/h3-21H,22H2,1-2H3,(H,30,31). The molecule has 4 heteroatoms. The molecule has 0 spiro atoms. The van der Waals surface area contributed by atoms with Crippen LogP contribution in [0.5, 0.6) is 0 Å². The first-order valence-corrected chi connectivity index (χ1v) is 14.9. The van der Waals surface area contributed by atoms with Crippen LogP contribution in [0.3, 0.4) is 0 Å². The maximum atomic E-state index is 10.9. The third-order valence-electron chi connectivity index (χ3n) is 5.52. The molecule has 0 bridgehead atoms. The van der Waals surface area contributed by atoms with Gasteiger partial charge in [0.25, 0.3) is 0 Å². The molecule has 0 amide bonds. The molecule has 0 aromatic heterocycles. The number of benzene rings is 3. The Bertz CT molecular complexity index is 1050. The predicted molar refractivity (Wildman–Crippen MR) is 143 cm³/mol. The Hall–Kier alpha value is -2.74. The van der Waals surface area contributed by atoms with Crippen molar-refractivity contribution in [2.45, 2.75) is 13.8 Å². The third-order valence-corrected chi connectivity index (χ3v) is 15.2. The summed E-state index contributed by atoms with van der Waals surface area (Å²) in [6.07, 6.45) is 7.86. The number of carbonyl (C=O) groups is 1. The maximum absolute atomic E-state index is 10.9. The SMILES string of the molecule is CC(C=CC=C(C)CP(Br)(c1ccccc1)(c1ccccc1)c1ccccc1)=CC(=O)O. The normalized spacial score (nSPS) is 14.2. The summed E-state index contributed by atoms with van der Waals surface area (Å²) in [5.41, 5.74) is 1.91. The molecular weight excluding hydrogens is 479 g/mol. The zero-order valence-corrected chi connectivity index (χ0v) is 20.8. The van der Waals surface area contributed by atoms with Gasteiger partial charge in [-0.25, -0.2) is 0 Å². The predicted octanol–water partition coefficient (Wildman–Crippen LogP) is 6.36. The molecule has 164 valence electrons. The Balaban J connectivity index is 2.20. The van der Waals surface area contributed by atoms with E-state index in [0.29, 0.717) is 5.57 Å². The second-order valence-corrected chi connectivity index (χ2v) is 16.9. The summed E-state index contributed by atoms with van der Waals surface area (Å²) in [5.74, 6) is -0.935. The van der Waals surface area contributed by atoms with Gasteiger partial charge >= 0.3 is 199 Å². The number of rotatable bonds is 8. The number of hydrogen-bond acceptors (Lipinski definition) is 1. The summed E-state index contributed by atoms with van der Waals surface area (Å²) in [7, 11) is 0. The van der Waals surface area contributed by atoms with Crippen LogP contribution >= 0.6 is 20.8 Å². The summed E-state index contributed by atoms with van der Waals surface area (Å²) < 4.78 is 0. The van der Waals surface area contributed by atoms with E-state index in [-0.39, 0.29) is 0 Å². The zero-order valence-electron chi connectivity index (χ0n) is 18.4. The number of allylic oxidation sites excluding steroid dienone is 5. The summed E-state index contributed by atoms with van der Waals surface area (Å²) in [6.45, 7) is 3.92. The van der Waals surface area contributed by atoms with Gasteiger partial charge < -0.3 is 0 Å². The fraction of sp³-hybridized carbons (Fsp3) is 0.107. The van der Waals surface area contributed by atoms with Crippen molar-refractivity contribution in [3.63, 3.8) is 0 Å². The van der Waals surface area contributed by atoms with Crippen LogP contribution < -0.4 is 15.9 Å². The van der Waals surface area contributed by atoms with E-state index >= 15 is 0 Å². The van der Waals surface area contributed by atoms with E-state index < -0.39 is 11.3 Å². The van der Waals surface area contributed by atoms with Gasteiger partial charge in [-0.15, -0.1) is 0 Å². The summed E-state index contributed by atoms with van der Waals surface area (Å²) in [5, 5.41) is 9.74. The van der Waals surface area contributed by atoms with Crippen LogP contribution in [0.1, 0.15) is 13.8 Å². The van der Waals surface area contributed by atoms with Gasteiger partial charge in [0.05, 0.1) is 0 Å². The molecule has 0 fully saturated rings. The molecule has 0 radical (unpaired) electrons. The Kier molecular flexibility index (Phi) is 7.66. The molecule has 32 heavy (non-hydrogen) atoms. The molecule has 3 aromatic carbocycles. The van der Waals surface area contributed by atoms with Gasteiger partial charge in [0.1, 0.15) is 0 Å². The van der Waals surface area contributed by atoms with Crippen LogP contribution in [0, 0.1) is 0 Å². The van der Waals surface area contributed by atoms with E-state index in [1.807, 2.05) is 12.2 Å². The van der Waals surface area contributed by atoms with Crippen molar-refractivity contribution >= 4 is 42.7 Å². The number of carboxylic acids is 1. The Morgan fingerprint density at radius 2 is 1.22 bits per heavy atom. The van der Waals surface area contributed by atoms with Gasteiger partial charge in [-0.1, -0.05) is 0 Å². The first-order chi connectivity index (χ1) is 15.3. The van der Waals surface area contributed by atoms with Gasteiger partial charge in [-0.2, -0.15) is 0 Å². The fourth-order valence-corrected chi connectivity index (χ4v) is 12.2. The number of halogens is 1. The molecule has 3 rings (SSSR count). The van der Waals surface area contributed by atoms with Crippen molar-refractivity contribution in [3.8, 4) is 0 Å². The minimum atomic E-state index is -3.01. The summed E-state index contributed by atoms with van der Waals surface area (Å²) >= 11 is 4.45. The first-order valence-electron chi connectivity index (χ1n) is 10.5. The molecule has 1 N–H and O–H groups in total. The van der Waals surface area contributed by atoms with Crippen molar-refractivity contribution in [3.05, 3.63) is 126 Å². The minimum absolute atomic E-state index is 0.701. The van der Waals surface area contributed by atoms with Crippen LogP contribution in [0.4, 0.5) is 0 Å².